The maximum Gasteiger partial charge on any atom is 0.124 e. The molecule has 0 saturated carbocycles. The Balaban J connectivity index is 2.52. The molecule has 2 aromatic carbocycles. The highest BCUT2D eigenvalue weighted by atomic mass is 19.1. The normalized spacial score (nSPS) is 12.2. The summed E-state index contributed by atoms with van der Waals surface area (Å²) < 4.78 is 19.0. The summed E-state index contributed by atoms with van der Waals surface area (Å²) in [5.74, 6) is 6.13. The van der Waals surface area contributed by atoms with Crippen molar-refractivity contribution in [1.29, 1.82) is 0 Å². The molecule has 0 aliphatic heterocycles. The van der Waals surface area contributed by atoms with Gasteiger partial charge in [-0.15, -0.1) is 0 Å². The highest BCUT2D eigenvalue weighted by Gasteiger charge is 2.18. The Morgan fingerprint density at radius 3 is 2.45 bits per heavy atom. The van der Waals surface area contributed by atoms with Crippen LogP contribution in [0.1, 0.15) is 28.3 Å². The van der Waals surface area contributed by atoms with Crippen molar-refractivity contribution in [3.63, 3.8) is 0 Å². The average Bonchev–Trinajstić information content (AvgIpc) is 2.40. The second-order valence-corrected chi connectivity index (χ2v) is 4.91. The molecule has 2 aromatic rings. The summed E-state index contributed by atoms with van der Waals surface area (Å²) in [6, 6.07) is 10.4. The van der Waals surface area contributed by atoms with Crippen LogP contribution in [0, 0.1) is 19.7 Å². The third-order valence-corrected chi connectivity index (χ3v) is 3.26. The first-order chi connectivity index (χ1) is 9.55. The molecule has 0 aliphatic rings. The molecule has 0 spiro atoms. The van der Waals surface area contributed by atoms with Gasteiger partial charge in [-0.25, -0.2) is 9.82 Å². The first-order valence-corrected chi connectivity index (χ1v) is 6.43. The highest BCUT2D eigenvalue weighted by Crippen LogP contribution is 2.31. The van der Waals surface area contributed by atoms with Crippen LogP contribution >= 0.6 is 0 Å². The van der Waals surface area contributed by atoms with Gasteiger partial charge in [0.25, 0.3) is 0 Å². The fraction of sp³-hybridized carbons (Fsp3) is 0.250. The largest absolute Gasteiger partial charge is 0.496 e. The SMILES string of the molecule is COc1cc(C)ccc1C(NN)c1cc(C)cc(F)c1. The van der Waals surface area contributed by atoms with Gasteiger partial charge in [-0.1, -0.05) is 18.2 Å². The Bertz CT molecular complexity index is 593. The van der Waals surface area contributed by atoms with E-state index in [1.807, 2.05) is 38.1 Å². The fourth-order valence-corrected chi connectivity index (χ4v) is 2.35. The molecule has 3 nitrogen and oxygen atoms in total. The first-order valence-electron chi connectivity index (χ1n) is 6.43. The van der Waals surface area contributed by atoms with E-state index in [0.717, 1.165) is 28.0 Å². The Morgan fingerprint density at radius 1 is 1.10 bits per heavy atom. The van der Waals surface area contributed by atoms with E-state index in [-0.39, 0.29) is 11.9 Å². The van der Waals surface area contributed by atoms with Crippen LogP contribution in [0.15, 0.2) is 36.4 Å². The number of rotatable bonds is 4. The van der Waals surface area contributed by atoms with Gasteiger partial charge in [-0.05, 0) is 48.7 Å². The molecule has 0 radical (unpaired) electrons. The van der Waals surface area contributed by atoms with E-state index in [9.17, 15) is 4.39 Å². The lowest BCUT2D eigenvalue weighted by molar-refractivity contribution is 0.404. The van der Waals surface area contributed by atoms with Crippen LogP contribution in [0.5, 0.6) is 5.75 Å². The third kappa shape index (κ3) is 2.98. The molecule has 0 saturated heterocycles. The summed E-state index contributed by atoms with van der Waals surface area (Å²) in [6.45, 7) is 3.84. The quantitative estimate of drug-likeness (QED) is 0.665. The van der Waals surface area contributed by atoms with Crippen molar-refractivity contribution in [3.8, 4) is 5.75 Å². The second kappa shape index (κ2) is 6.03. The third-order valence-electron chi connectivity index (χ3n) is 3.26. The molecule has 2 rings (SSSR count). The summed E-state index contributed by atoms with van der Waals surface area (Å²) in [5.41, 5.74) is 6.33. The molecule has 4 heteroatoms. The van der Waals surface area contributed by atoms with Crippen LogP contribution in [-0.2, 0) is 0 Å². The smallest absolute Gasteiger partial charge is 0.124 e. The lowest BCUT2D eigenvalue weighted by Crippen LogP contribution is -2.29. The molecule has 20 heavy (non-hydrogen) atoms. The number of nitrogens with one attached hydrogen (secondary N) is 1. The molecule has 106 valence electrons. The molecule has 0 fully saturated rings. The van der Waals surface area contributed by atoms with Gasteiger partial charge in [0.15, 0.2) is 0 Å². The Labute approximate surface area is 118 Å². The van der Waals surface area contributed by atoms with Gasteiger partial charge in [-0.2, -0.15) is 0 Å². The predicted octanol–water partition coefficient (Wildman–Crippen LogP) is 3.00. The number of ether oxygens (including phenoxy) is 1. The molecule has 0 aromatic heterocycles. The Kier molecular flexibility index (Phi) is 4.37. The summed E-state index contributed by atoms with van der Waals surface area (Å²) in [5, 5.41) is 0. The van der Waals surface area contributed by atoms with Crippen molar-refractivity contribution in [2.24, 2.45) is 5.84 Å². The van der Waals surface area contributed by atoms with E-state index in [1.165, 1.54) is 12.1 Å². The predicted molar refractivity (Wildman–Crippen MR) is 78.0 cm³/mol. The van der Waals surface area contributed by atoms with Crippen molar-refractivity contribution >= 4 is 0 Å². The number of methoxy groups -OCH3 is 1. The van der Waals surface area contributed by atoms with E-state index in [2.05, 4.69) is 5.43 Å². The van der Waals surface area contributed by atoms with Crippen molar-refractivity contribution < 1.29 is 9.13 Å². The first kappa shape index (κ1) is 14.5. The van der Waals surface area contributed by atoms with E-state index < -0.39 is 0 Å². The summed E-state index contributed by atoms with van der Waals surface area (Å²) in [4.78, 5) is 0. The van der Waals surface area contributed by atoms with Crippen molar-refractivity contribution in [2.75, 3.05) is 7.11 Å². The number of hydrogen-bond acceptors (Lipinski definition) is 3. The van der Waals surface area contributed by atoms with Gasteiger partial charge in [0.2, 0.25) is 0 Å². The maximum absolute atomic E-state index is 13.6. The molecular formula is C16H19FN2O. The minimum atomic E-state index is -0.319. The van der Waals surface area contributed by atoms with Crippen LogP contribution in [0.3, 0.4) is 0 Å². The Hall–Kier alpha value is -1.91. The van der Waals surface area contributed by atoms with Gasteiger partial charge in [0, 0.05) is 5.56 Å². The van der Waals surface area contributed by atoms with Gasteiger partial charge in [-0.3, -0.25) is 5.84 Å². The summed E-state index contributed by atoms with van der Waals surface area (Å²) in [6.07, 6.45) is 0. The maximum atomic E-state index is 13.6. The molecule has 3 N–H and O–H groups in total. The topological polar surface area (TPSA) is 47.3 Å². The average molecular weight is 274 g/mol. The molecule has 0 bridgehead atoms. The van der Waals surface area contributed by atoms with E-state index in [0.29, 0.717) is 0 Å². The van der Waals surface area contributed by atoms with Crippen LogP contribution in [0.4, 0.5) is 4.39 Å². The van der Waals surface area contributed by atoms with Gasteiger partial charge in [0.1, 0.15) is 11.6 Å². The molecule has 0 amide bonds. The zero-order chi connectivity index (χ0) is 14.7. The minimum absolute atomic E-state index is 0.272. The fourth-order valence-electron chi connectivity index (χ4n) is 2.35. The molecule has 0 aliphatic carbocycles. The van der Waals surface area contributed by atoms with E-state index >= 15 is 0 Å². The van der Waals surface area contributed by atoms with Crippen LogP contribution in [0.25, 0.3) is 0 Å². The van der Waals surface area contributed by atoms with Gasteiger partial charge < -0.3 is 4.74 Å². The number of benzene rings is 2. The molecule has 0 heterocycles. The van der Waals surface area contributed by atoms with Crippen LogP contribution in [-0.4, -0.2) is 7.11 Å². The standard InChI is InChI=1S/C16H19FN2O/c1-10-4-5-14(15(8-10)20-3)16(19-18)12-6-11(2)7-13(17)9-12/h4-9,16,19H,18H2,1-3H3. The highest BCUT2D eigenvalue weighted by molar-refractivity contribution is 5.44. The zero-order valence-electron chi connectivity index (χ0n) is 11.9. The summed E-state index contributed by atoms with van der Waals surface area (Å²) in [7, 11) is 1.61. The van der Waals surface area contributed by atoms with Gasteiger partial charge >= 0.3 is 0 Å². The second-order valence-electron chi connectivity index (χ2n) is 4.91. The summed E-state index contributed by atoms with van der Waals surface area (Å²) >= 11 is 0. The number of halogens is 1. The molecular weight excluding hydrogens is 255 g/mol. The molecule has 1 atom stereocenters. The van der Waals surface area contributed by atoms with E-state index in [4.69, 9.17) is 10.6 Å². The minimum Gasteiger partial charge on any atom is -0.496 e. The monoisotopic (exact) mass is 274 g/mol. The molecule has 1 unspecified atom stereocenters. The number of hydrazine groups is 1. The number of hydrogen-bond donors (Lipinski definition) is 2. The number of nitrogens with two attached hydrogens (primary N) is 1. The lowest BCUT2D eigenvalue weighted by Gasteiger charge is -2.20. The van der Waals surface area contributed by atoms with Crippen LogP contribution < -0.4 is 16.0 Å². The van der Waals surface area contributed by atoms with Crippen molar-refractivity contribution in [2.45, 2.75) is 19.9 Å². The zero-order valence-corrected chi connectivity index (χ0v) is 11.9. The van der Waals surface area contributed by atoms with Gasteiger partial charge in [0.05, 0.1) is 13.2 Å². The lowest BCUT2D eigenvalue weighted by atomic mass is 9.96. The number of aryl methyl sites for hydroxylation is 2. The van der Waals surface area contributed by atoms with E-state index in [1.54, 1.807) is 7.11 Å². The van der Waals surface area contributed by atoms with Crippen molar-refractivity contribution in [3.05, 3.63) is 64.5 Å². The Morgan fingerprint density at radius 2 is 1.85 bits per heavy atom. The van der Waals surface area contributed by atoms with Crippen LogP contribution in [0.2, 0.25) is 0 Å². The van der Waals surface area contributed by atoms with Crippen molar-refractivity contribution in [1.82, 2.24) is 5.43 Å².